The molecule has 0 bridgehead atoms. The van der Waals surface area contributed by atoms with E-state index in [0.717, 1.165) is 19.3 Å². The number of amides is 1. The molecule has 1 saturated heterocycles. The molecule has 2 rings (SSSR count). The number of hydrogen-bond acceptors (Lipinski definition) is 4. The van der Waals surface area contributed by atoms with Crippen LogP contribution in [0.2, 0.25) is 0 Å². The van der Waals surface area contributed by atoms with Crippen LogP contribution < -0.4 is 0 Å². The zero-order valence-corrected chi connectivity index (χ0v) is 19.3. The van der Waals surface area contributed by atoms with Crippen LogP contribution in [0, 0.1) is 5.92 Å². The van der Waals surface area contributed by atoms with Crippen LogP contribution in [0.1, 0.15) is 44.6 Å². The van der Waals surface area contributed by atoms with Crippen LogP contribution in [0.25, 0.3) is 0 Å². The van der Waals surface area contributed by atoms with Crippen LogP contribution in [0.3, 0.4) is 0 Å². The van der Waals surface area contributed by atoms with Gasteiger partial charge in [0.25, 0.3) is 5.91 Å². The molecule has 0 unspecified atom stereocenters. The van der Waals surface area contributed by atoms with E-state index in [9.17, 15) is 23.5 Å². The summed E-state index contributed by atoms with van der Waals surface area (Å²) in [5.74, 6) is -4.39. The minimum atomic E-state index is -3.39. The van der Waals surface area contributed by atoms with E-state index in [1.54, 1.807) is 6.08 Å². The third-order valence-electron chi connectivity index (χ3n) is 5.68. The van der Waals surface area contributed by atoms with Gasteiger partial charge in [0.05, 0.1) is 12.1 Å². The van der Waals surface area contributed by atoms with E-state index in [0.29, 0.717) is 17.9 Å². The van der Waals surface area contributed by atoms with Gasteiger partial charge in [-0.1, -0.05) is 49.4 Å². The zero-order valence-electron chi connectivity index (χ0n) is 18.5. The van der Waals surface area contributed by atoms with E-state index >= 15 is 0 Å². The maximum absolute atomic E-state index is 14.0. The molecule has 2 N–H and O–H groups in total. The van der Waals surface area contributed by atoms with Crippen LogP contribution in [-0.2, 0) is 16.0 Å². The Morgan fingerprint density at radius 3 is 2.69 bits per heavy atom. The van der Waals surface area contributed by atoms with Gasteiger partial charge in [0.15, 0.2) is 0 Å². The number of alkyl halides is 2. The number of benzene rings is 1. The molecule has 0 aliphatic carbocycles. The maximum atomic E-state index is 14.0. The van der Waals surface area contributed by atoms with Crippen molar-refractivity contribution in [1.29, 1.82) is 0 Å². The summed E-state index contributed by atoms with van der Waals surface area (Å²) < 4.78 is 28.0. The molecule has 0 aromatic heterocycles. The highest BCUT2D eigenvalue weighted by Gasteiger charge is 2.52. The second-order valence-electron chi connectivity index (χ2n) is 8.31. The second kappa shape index (κ2) is 12.9. The van der Waals surface area contributed by atoms with Gasteiger partial charge in [0.2, 0.25) is 0 Å². The summed E-state index contributed by atoms with van der Waals surface area (Å²) in [6.45, 7) is 2.10. The minimum absolute atomic E-state index is 0.0224. The highest BCUT2D eigenvalue weighted by Crippen LogP contribution is 2.34. The Hall–Kier alpha value is -1.93. The van der Waals surface area contributed by atoms with Gasteiger partial charge < -0.3 is 15.1 Å². The molecule has 8 heteroatoms. The highest BCUT2D eigenvalue weighted by molar-refractivity contribution is 7.99. The Balaban J connectivity index is 1.81. The smallest absolute Gasteiger partial charge is 0.327 e. The van der Waals surface area contributed by atoms with Crippen LogP contribution in [0.4, 0.5) is 8.78 Å². The van der Waals surface area contributed by atoms with Crippen molar-refractivity contribution in [2.75, 3.05) is 18.1 Å². The van der Waals surface area contributed by atoms with Gasteiger partial charge in [-0.05, 0) is 42.9 Å². The van der Waals surface area contributed by atoms with Gasteiger partial charge in [0.1, 0.15) is 0 Å². The number of carbonyl (C=O) groups excluding carboxylic acids is 1. The molecule has 3 atom stereocenters. The summed E-state index contributed by atoms with van der Waals surface area (Å²) in [5, 5.41) is 19.1. The lowest BCUT2D eigenvalue weighted by molar-refractivity contribution is -0.147. The lowest BCUT2D eigenvalue weighted by Gasteiger charge is -2.22. The first kappa shape index (κ1) is 26.3. The highest BCUT2D eigenvalue weighted by atomic mass is 32.2. The van der Waals surface area contributed by atoms with E-state index in [-0.39, 0.29) is 18.9 Å². The topological polar surface area (TPSA) is 77.8 Å². The van der Waals surface area contributed by atoms with Gasteiger partial charge in [-0.25, -0.2) is 0 Å². The van der Waals surface area contributed by atoms with Crippen molar-refractivity contribution in [2.45, 2.75) is 63.5 Å². The van der Waals surface area contributed by atoms with Gasteiger partial charge >= 0.3 is 11.9 Å². The molecule has 1 fully saturated rings. The molecule has 1 aromatic rings. The molecule has 1 heterocycles. The fraction of sp³-hybridized carbons (Fsp3) is 0.583. The number of carboxylic acid groups (broad SMARTS) is 1. The fourth-order valence-corrected chi connectivity index (χ4v) is 4.60. The predicted molar refractivity (Wildman–Crippen MR) is 123 cm³/mol. The van der Waals surface area contributed by atoms with Gasteiger partial charge in [-0.15, -0.1) is 0 Å². The summed E-state index contributed by atoms with van der Waals surface area (Å²) >= 11 is 1.45. The van der Waals surface area contributed by atoms with Gasteiger partial charge in [0, 0.05) is 25.1 Å². The van der Waals surface area contributed by atoms with E-state index < -0.39 is 36.4 Å². The molecule has 1 aliphatic rings. The number of carboxylic acids is 1. The van der Waals surface area contributed by atoms with Gasteiger partial charge in [-0.3, -0.25) is 9.59 Å². The SMILES string of the molecule is C[C@@H](CCCc1ccccc1)[C@H](O)/C=C/[C@H]1CC(F)(F)C(=O)N1CCSCCCC(=O)O. The standard InChI is InChI=1S/C24H33F2NO4S/c1-18(7-5-10-19-8-3-2-4-9-19)21(28)13-12-20-17-24(25,26)23(31)27(20)14-16-32-15-6-11-22(29)30/h2-4,8-9,12-13,18,20-21,28H,5-7,10-11,14-17H2,1H3,(H,29,30)/b13-12+/t18-,20-,21+/m0/s1. The van der Waals surface area contributed by atoms with Crippen LogP contribution in [0.15, 0.2) is 42.5 Å². The van der Waals surface area contributed by atoms with Crippen LogP contribution in [0.5, 0.6) is 0 Å². The van der Waals surface area contributed by atoms with Crippen molar-refractivity contribution in [3.05, 3.63) is 48.0 Å². The molecule has 32 heavy (non-hydrogen) atoms. The number of likely N-dealkylation sites (tertiary alicyclic amines) is 1. The molecular weight excluding hydrogens is 436 g/mol. The Morgan fingerprint density at radius 2 is 2.00 bits per heavy atom. The summed E-state index contributed by atoms with van der Waals surface area (Å²) in [4.78, 5) is 23.8. The molecule has 1 aromatic carbocycles. The molecule has 1 aliphatic heterocycles. The Bertz CT molecular complexity index is 760. The summed E-state index contributed by atoms with van der Waals surface area (Å²) in [6, 6.07) is 9.35. The molecule has 5 nitrogen and oxygen atoms in total. The average molecular weight is 470 g/mol. The van der Waals surface area contributed by atoms with Crippen LogP contribution >= 0.6 is 11.8 Å². The van der Waals surface area contributed by atoms with Crippen molar-refractivity contribution in [1.82, 2.24) is 4.90 Å². The molecular formula is C24H33F2NO4S. The number of thioether (sulfide) groups is 1. The second-order valence-corrected chi connectivity index (χ2v) is 9.54. The molecule has 0 spiro atoms. The molecule has 178 valence electrons. The van der Waals surface area contributed by atoms with Crippen LogP contribution in [-0.4, -0.2) is 63.1 Å². The number of nitrogens with zero attached hydrogens (tertiary/aromatic N) is 1. The van der Waals surface area contributed by atoms with Crippen molar-refractivity contribution in [3.63, 3.8) is 0 Å². The van der Waals surface area contributed by atoms with Crippen molar-refractivity contribution >= 4 is 23.6 Å². The van der Waals surface area contributed by atoms with Crippen molar-refractivity contribution < 1.29 is 28.6 Å². The number of halogens is 2. The number of rotatable bonds is 14. The third-order valence-corrected chi connectivity index (χ3v) is 6.73. The van der Waals surface area contributed by atoms with Gasteiger partial charge in [-0.2, -0.15) is 20.5 Å². The lowest BCUT2D eigenvalue weighted by Crippen LogP contribution is -2.37. The zero-order chi connectivity index (χ0) is 23.6. The number of aryl methyl sites for hydroxylation is 1. The van der Waals surface area contributed by atoms with E-state index in [1.165, 1.54) is 28.3 Å². The van der Waals surface area contributed by atoms with E-state index in [1.807, 2.05) is 25.1 Å². The normalized spacial score (nSPS) is 20.1. The number of aliphatic hydroxyl groups excluding tert-OH is 1. The van der Waals surface area contributed by atoms with E-state index in [4.69, 9.17) is 5.11 Å². The molecule has 0 saturated carbocycles. The monoisotopic (exact) mass is 469 g/mol. The number of hydrogen-bond donors (Lipinski definition) is 2. The first-order chi connectivity index (χ1) is 15.2. The Morgan fingerprint density at radius 1 is 1.28 bits per heavy atom. The number of carbonyl (C=O) groups is 2. The first-order valence-corrected chi connectivity index (χ1v) is 12.2. The first-order valence-electron chi connectivity index (χ1n) is 11.1. The summed E-state index contributed by atoms with van der Waals surface area (Å²) in [6.07, 6.45) is 4.94. The molecule has 1 amide bonds. The summed E-state index contributed by atoms with van der Waals surface area (Å²) in [7, 11) is 0. The minimum Gasteiger partial charge on any atom is -0.481 e. The third kappa shape index (κ3) is 8.54. The fourth-order valence-electron chi connectivity index (χ4n) is 3.73. The quantitative estimate of drug-likeness (QED) is 0.312. The average Bonchev–Trinajstić information content (AvgIpc) is 2.97. The van der Waals surface area contributed by atoms with Crippen molar-refractivity contribution in [2.24, 2.45) is 5.92 Å². The lowest BCUT2D eigenvalue weighted by atomic mass is 9.95. The predicted octanol–water partition coefficient (Wildman–Crippen LogP) is 4.40. The van der Waals surface area contributed by atoms with Crippen molar-refractivity contribution in [3.8, 4) is 0 Å². The number of aliphatic hydroxyl groups is 1. The van der Waals surface area contributed by atoms with E-state index in [2.05, 4.69) is 12.1 Å². The Labute approximate surface area is 192 Å². The molecule has 0 radical (unpaired) electrons. The summed E-state index contributed by atoms with van der Waals surface area (Å²) in [5.41, 5.74) is 1.24. The largest absolute Gasteiger partial charge is 0.481 e. The Kier molecular flexibility index (Phi) is 10.6. The number of aliphatic carboxylic acids is 1. The maximum Gasteiger partial charge on any atom is 0.327 e.